The fourth-order valence-electron chi connectivity index (χ4n) is 1.44. The minimum atomic E-state index is -0.346. The summed E-state index contributed by atoms with van der Waals surface area (Å²) in [4.78, 5) is 0. The SMILES string of the molecule is N/C(=N\O)c1ccc(Oc2ccc(F)cc2Br)cc1. The zero-order chi connectivity index (χ0) is 13.8. The van der Waals surface area contributed by atoms with Crippen molar-refractivity contribution in [2.75, 3.05) is 0 Å². The van der Waals surface area contributed by atoms with Gasteiger partial charge in [0.1, 0.15) is 17.3 Å². The first-order valence-electron chi connectivity index (χ1n) is 5.31. The van der Waals surface area contributed by atoms with Gasteiger partial charge in [-0.15, -0.1) is 0 Å². The van der Waals surface area contributed by atoms with Gasteiger partial charge in [-0.2, -0.15) is 0 Å². The Bertz CT molecular complexity index is 615. The van der Waals surface area contributed by atoms with E-state index >= 15 is 0 Å². The fraction of sp³-hybridized carbons (Fsp3) is 0. The fourth-order valence-corrected chi connectivity index (χ4v) is 1.87. The Morgan fingerprint density at radius 3 is 2.47 bits per heavy atom. The van der Waals surface area contributed by atoms with E-state index in [1.165, 1.54) is 18.2 Å². The van der Waals surface area contributed by atoms with E-state index in [4.69, 9.17) is 15.7 Å². The van der Waals surface area contributed by atoms with E-state index < -0.39 is 0 Å². The molecule has 0 bridgehead atoms. The van der Waals surface area contributed by atoms with E-state index in [0.717, 1.165) is 0 Å². The molecule has 2 aromatic rings. The summed E-state index contributed by atoms with van der Waals surface area (Å²) >= 11 is 3.22. The smallest absolute Gasteiger partial charge is 0.170 e. The van der Waals surface area contributed by atoms with Crippen molar-refractivity contribution < 1.29 is 14.3 Å². The van der Waals surface area contributed by atoms with Gasteiger partial charge in [0.15, 0.2) is 5.84 Å². The largest absolute Gasteiger partial charge is 0.456 e. The molecule has 0 saturated heterocycles. The van der Waals surface area contributed by atoms with Gasteiger partial charge >= 0.3 is 0 Å². The molecule has 0 unspecified atom stereocenters. The number of ether oxygens (including phenoxy) is 1. The molecule has 0 radical (unpaired) electrons. The van der Waals surface area contributed by atoms with E-state index in [9.17, 15) is 4.39 Å². The van der Waals surface area contributed by atoms with Crippen molar-refractivity contribution in [2.45, 2.75) is 0 Å². The predicted molar refractivity (Wildman–Crippen MR) is 73.1 cm³/mol. The van der Waals surface area contributed by atoms with Crippen LogP contribution in [0.3, 0.4) is 0 Å². The zero-order valence-electron chi connectivity index (χ0n) is 9.68. The first kappa shape index (κ1) is 13.4. The minimum Gasteiger partial charge on any atom is -0.456 e. The summed E-state index contributed by atoms with van der Waals surface area (Å²) in [6.07, 6.45) is 0. The van der Waals surface area contributed by atoms with Crippen molar-refractivity contribution in [3.05, 3.63) is 58.3 Å². The standard InChI is InChI=1S/C13H10BrFN2O2/c14-11-7-9(15)3-6-12(11)19-10-4-1-8(2-5-10)13(16)17-18/h1-7,18H,(H2,16,17). The highest BCUT2D eigenvalue weighted by Crippen LogP contribution is 2.30. The molecule has 0 aromatic heterocycles. The van der Waals surface area contributed by atoms with Crippen LogP contribution in [0.5, 0.6) is 11.5 Å². The maximum Gasteiger partial charge on any atom is 0.170 e. The van der Waals surface area contributed by atoms with Crippen molar-refractivity contribution in [3.8, 4) is 11.5 Å². The maximum atomic E-state index is 12.9. The van der Waals surface area contributed by atoms with E-state index in [0.29, 0.717) is 21.5 Å². The van der Waals surface area contributed by atoms with E-state index in [2.05, 4.69) is 21.1 Å². The van der Waals surface area contributed by atoms with Crippen LogP contribution in [-0.4, -0.2) is 11.0 Å². The van der Waals surface area contributed by atoms with Crippen LogP contribution >= 0.6 is 15.9 Å². The molecule has 19 heavy (non-hydrogen) atoms. The third-order valence-electron chi connectivity index (χ3n) is 2.38. The third kappa shape index (κ3) is 3.23. The Kier molecular flexibility index (Phi) is 4.01. The number of rotatable bonds is 3. The van der Waals surface area contributed by atoms with Crippen molar-refractivity contribution in [1.82, 2.24) is 0 Å². The van der Waals surface area contributed by atoms with Crippen LogP contribution < -0.4 is 10.5 Å². The summed E-state index contributed by atoms with van der Waals surface area (Å²) in [5.74, 6) is 0.732. The van der Waals surface area contributed by atoms with Crippen molar-refractivity contribution in [3.63, 3.8) is 0 Å². The molecule has 6 heteroatoms. The van der Waals surface area contributed by atoms with Gasteiger partial charge in [0.05, 0.1) is 4.47 Å². The van der Waals surface area contributed by atoms with Crippen molar-refractivity contribution >= 4 is 21.8 Å². The van der Waals surface area contributed by atoms with Crippen LogP contribution in [0.2, 0.25) is 0 Å². The zero-order valence-corrected chi connectivity index (χ0v) is 11.3. The number of amidine groups is 1. The van der Waals surface area contributed by atoms with Crippen LogP contribution in [0.1, 0.15) is 5.56 Å². The van der Waals surface area contributed by atoms with Gasteiger partial charge in [-0.25, -0.2) is 4.39 Å². The number of hydrogen-bond acceptors (Lipinski definition) is 3. The molecule has 4 nitrogen and oxygen atoms in total. The third-order valence-corrected chi connectivity index (χ3v) is 3.00. The molecular weight excluding hydrogens is 315 g/mol. The topological polar surface area (TPSA) is 67.8 Å². The van der Waals surface area contributed by atoms with Crippen LogP contribution in [0, 0.1) is 5.82 Å². The number of benzene rings is 2. The molecule has 0 aliphatic rings. The summed E-state index contributed by atoms with van der Waals surface area (Å²) in [6.45, 7) is 0. The summed E-state index contributed by atoms with van der Waals surface area (Å²) in [7, 11) is 0. The van der Waals surface area contributed by atoms with E-state index in [-0.39, 0.29) is 11.7 Å². The van der Waals surface area contributed by atoms with Crippen LogP contribution in [0.15, 0.2) is 52.1 Å². The average molecular weight is 325 g/mol. The van der Waals surface area contributed by atoms with Gasteiger partial charge < -0.3 is 15.7 Å². The van der Waals surface area contributed by atoms with Crippen LogP contribution in [-0.2, 0) is 0 Å². The molecule has 2 aromatic carbocycles. The van der Waals surface area contributed by atoms with Crippen LogP contribution in [0.4, 0.5) is 4.39 Å². The highest BCUT2D eigenvalue weighted by atomic mass is 79.9. The normalized spacial score (nSPS) is 11.4. The maximum absolute atomic E-state index is 12.9. The van der Waals surface area contributed by atoms with E-state index in [1.807, 2.05) is 0 Å². The second kappa shape index (κ2) is 5.71. The molecule has 3 N–H and O–H groups in total. The predicted octanol–water partition coefficient (Wildman–Crippen LogP) is 3.48. The van der Waals surface area contributed by atoms with Gasteiger partial charge in [0.25, 0.3) is 0 Å². The van der Waals surface area contributed by atoms with E-state index in [1.54, 1.807) is 24.3 Å². The highest BCUT2D eigenvalue weighted by Gasteiger charge is 2.05. The summed E-state index contributed by atoms with van der Waals surface area (Å²) in [6, 6.07) is 10.8. The van der Waals surface area contributed by atoms with Crippen LogP contribution in [0.25, 0.3) is 0 Å². The molecule has 2 rings (SSSR count). The molecular formula is C13H10BrFN2O2. The number of oxime groups is 1. The summed E-state index contributed by atoms with van der Waals surface area (Å²) < 4.78 is 19.0. The lowest BCUT2D eigenvalue weighted by atomic mass is 10.2. The molecule has 98 valence electrons. The average Bonchev–Trinajstić information content (AvgIpc) is 2.42. The van der Waals surface area contributed by atoms with Crippen molar-refractivity contribution in [1.29, 1.82) is 0 Å². The Hall–Kier alpha value is -2.08. The quantitative estimate of drug-likeness (QED) is 0.393. The summed E-state index contributed by atoms with van der Waals surface area (Å²) in [5, 5.41) is 11.4. The lowest BCUT2D eigenvalue weighted by molar-refractivity contribution is 0.318. The Labute approximate surface area is 117 Å². The lowest BCUT2D eigenvalue weighted by Gasteiger charge is -2.08. The molecule has 0 heterocycles. The highest BCUT2D eigenvalue weighted by molar-refractivity contribution is 9.10. The van der Waals surface area contributed by atoms with Gasteiger partial charge in [0.2, 0.25) is 0 Å². The number of nitrogens with zero attached hydrogens (tertiary/aromatic N) is 1. The molecule has 0 fully saturated rings. The first-order chi connectivity index (χ1) is 9.10. The number of nitrogens with two attached hydrogens (primary N) is 1. The van der Waals surface area contributed by atoms with Gasteiger partial charge in [-0.05, 0) is 58.4 Å². The monoisotopic (exact) mass is 324 g/mol. The summed E-state index contributed by atoms with van der Waals surface area (Å²) in [5.41, 5.74) is 6.02. The molecule has 0 spiro atoms. The molecule has 0 amide bonds. The minimum absolute atomic E-state index is 0.0227. The first-order valence-corrected chi connectivity index (χ1v) is 6.10. The molecule has 0 atom stereocenters. The Morgan fingerprint density at radius 2 is 1.89 bits per heavy atom. The Morgan fingerprint density at radius 1 is 1.21 bits per heavy atom. The molecule has 0 aliphatic carbocycles. The van der Waals surface area contributed by atoms with Gasteiger partial charge in [0, 0.05) is 5.56 Å². The van der Waals surface area contributed by atoms with Crippen molar-refractivity contribution in [2.24, 2.45) is 10.9 Å². The Balaban J connectivity index is 2.20. The molecule has 0 saturated carbocycles. The number of halogens is 2. The number of hydrogen-bond donors (Lipinski definition) is 2. The second-order valence-electron chi connectivity index (χ2n) is 3.69. The lowest BCUT2D eigenvalue weighted by Crippen LogP contribution is -2.12. The second-order valence-corrected chi connectivity index (χ2v) is 4.54. The molecule has 0 aliphatic heterocycles. The van der Waals surface area contributed by atoms with Gasteiger partial charge in [-0.1, -0.05) is 5.16 Å². The van der Waals surface area contributed by atoms with Gasteiger partial charge in [-0.3, -0.25) is 0 Å².